The van der Waals surface area contributed by atoms with Gasteiger partial charge in [0.1, 0.15) is 5.75 Å². The smallest absolute Gasteiger partial charge is 0.262 e. The number of ether oxygens (including phenoxy) is 1. The molecule has 1 aliphatic carbocycles. The van der Waals surface area contributed by atoms with Crippen LogP contribution in [-0.4, -0.2) is 27.2 Å². The monoisotopic (exact) mass is 537 g/mol. The molecule has 2 atom stereocenters. The van der Waals surface area contributed by atoms with Gasteiger partial charge in [0.25, 0.3) is 5.91 Å². The summed E-state index contributed by atoms with van der Waals surface area (Å²) in [6, 6.07) is 25.7. The lowest BCUT2D eigenvalue weighted by Gasteiger charge is -2.27. The van der Waals surface area contributed by atoms with Crippen molar-refractivity contribution in [3.05, 3.63) is 109 Å². The van der Waals surface area contributed by atoms with E-state index in [1.807, 2.05) is 79.0 Å². The summed E-state index contributed by atoms with van der Waals surface area (Å²) in [5, 5.41) is 7.08. The number of anilines is 2. The summed E-state index contributed by atoms with van der Waals surface area (Å²) in [6.07, 6.45) is 11.3. The van der Waals surface area contributed by atoms with Gasteiger partial charge in [-0.1, -0.05) is 37.1 Å². The van der Waals surface area contributed by atoms with Crippen LogP contribution in [0.4, 0.5) is 11.4 Å². The molecule has 2 aromatic heterocycles. The lowest BCUT2D eigenvalue weighted by atomic mass is 9.98. The molecule has 0 radical (unpaired) electrons. The van der Waals surface area contributed by atoms with E-state index in [9.17, 15) is 4.79 Å². The van der Waals surface area contributed by atoms with Crippen molar-refractivity contribution in [1.29, 1.82) is 0 Å². The zero-order valence-electron chi connectivity index (χ0n) is 21.6. The Kier molecular flexibility index (Phi) is 7.27. The van der Waals surface area contributed by atoms with Crippen LogP contribution in [0.2, 0.25) is 0 Å². The van der Waals surface area contributed by atoms with E-state index in [1.165, 1.54) is 31.2 Å². The van der Waals surface area contributed by atoms with Crippen LogP contribution < -0.4 is 20.3 Å². The Morgan fingerprint density at radius 3 is 2.51 bits per heavy atom. The van der Waals surface area contributed by atoms with Gasteiger partial charge in [0.2, 0.25) is 0 Å². The number of nitrogens with zero attached hydrogens (tertiary/aromatic N) is 3. The lowest BCUT2D eigenvalue weighted by Crippen LogP contribution is -2.29. The summed E-state index contributed by atoms with van der Waals surface area (Å²) >= 11 is 5.87. The Morgan fingerprint density at radius 2 is 1.77 bits per heavy atom. The largest absolute Gasteiger partial charge is 0.484 e. The second-order valence-corrected chi connectivity index (χ2v) is 10.4. The first-order valence-electron chi connectivity index (χ1n) is 13.4. The van der Waals surface area contributed by atoms with E-state index < -0.39 is 0 Å². The van der Waals surface area contributed by atoms with E-state index >= 15 is 0 Å². The van der Waals surface area contributed by atoms with Gasteiger partial charge in [0.05, 0.1) is 17.8 Å². The minimum Gasteiger partial charge on any atom is -0.484 e. The Labute approximate surface area is 233 Å². The summed E-state index contributed by atoms with van der Waals surface area (Å²) in [4.78, 5) is 19.3. The van der Waals surface area contributed by atoms with Gasteiger partial charge in [-0.25, -0.2) is 0 Å². The van der Waals surface area contributed by atoms with Crippen LogP contribution in [0.3, 0.4) is 0 Å². The second kappa shape index (κ2) is 11.3. The first-order valence-corrected chi connectivity index (χ1v) is 13.8. The van der Waals surface area contributed by atoms with Gasteiger partial charge in [-0.3, -0.25) is 9.78 Å². The highest BCUT2D eigenvalue weighted by Crippen LogP contribution is 2.42. The first-order chi connectivity index (χ1) is 19.2. The predicted molar refractivity (Wildman–Crippen MR) is 157 cm³/mol. The van der Waals surface area contributed by atoms with Crippen LogP contribution in [0.5, 0.6) is 5.75 Å². The highest BCUT2D eigenvalue weighted by molar-refractivity contribution is 7.80. The number of nitrogens with one attached hydrogen (secondary N) is 2. The molecular formula is C31H31N5O2S. The van der Waals surface area contributed by atoms with E-state index in [1.54, 1.807) is 0 Å². The summed E-state index contributed by atoms with van der Waals surface area (Å²) in [7, 11) is 0. The third kappa shape index (κ3) is 5.52. The number of pyridine rings is 1. The highest BCUT2D eigenvalue weighted by Gasteiger charge is 2.41. The van der Waals surface area contributed by atoms with Crippen molar-refractivity contribution in [3.8, 4) is 5.75 Å². The molecule has 0 bridgehead atoms. The molecule has 198 valence electrons. The number of aromatic nitrogens is 2. The zero-order chi connectivity index (χ0) is 26.6. The third-order valence-electron chi connectivity index (χ3n) is 7.47. The molecule has 3 heterocycles. The number of para-hydroxylation sites is 1. The molecule has 2 unspecified atom stereocenters. The molecular weight excluding hydrogens is 506 g/mol. The van der Waals surface area contributed by atoms with Crippen LogP contribution in [0.1, 0.15) is 55.1 Å². The minimum absolute atomic E-state index is 0.0578. The Hall–Kier alpha value is -4.17. The lowest BCUT2D eigenvalue weighted by molar-refractivity contribution is -0.118. The van der Waals surface area contributed by atoms with Crippen molar-refractivity contribution in [2.45, 2.75) is 43.8 Å². The molecule has 7 nitrogen and oxygen atoms in total. The molecule has 2 aliphatic rings. The molecule has 1 saturated heterocycles. The fraction of sp³-hybridized carbons (Fsp3) is 0.258. The highest BCUT2D eigenvalue weighted by atomic mass is 32.1. The van der Waals surface area contributed by atoms with Gasteiger partial charge < -0.3 is 24.8 Å². The molecule has 8 heteroatoms. The third-order valence-corrected chi connectivity index (χ3v) is 7.78. The van der Waals surface area contributed by atoms with E-state index in [2.05, 4.69) is 43.5 Å². The average Bonchev–Trinajstić information content (AvgIpc) is 3.74. The van der Waals surface area contributed by atoms with E-state index in [-0.39, 0.29) is 24.6 Å². The van der Waals surface area contributed by atoms with Gasteiger partial charge in [-0.05, 0) is 85.2 Å². The molecule has 1 amide bonds. The molecule has 4 aromatic rings. The number of hydrogen-bond donors (Lipinski definition) is 2. The number of thiocarbonyl (C=S) groups is 1. The van der Waals surface area contributed by atoms with Crippen LogP contribution >= 0.6 is 12.2 Å². The molecule has 2 N–H and O–H groups in total. The van der Waals surface area contributed by atoms with Crippen LogP contribution in [-0.2, 0) is 4.79 Å². The first kappa shape index (κ1) is 25.1. The topological polar surface area (TPSA) is 71.4 Å². The summed E-state index contributed by atoms with van der Waals surface area (Å²) in [5.74, 6) is 0.444. The Bertz CT molecular complexity index is 1420. The van der Waals surface area contributed by atoms with Gasteiger partial charge in [-0.2, -0.15) is 0 Å². The Balaban J connectivity index is 1.22. The fourth-order valence-corrected chi connectivity index (χ4v) is 5.92. The molecule has 6 rings (SSSR count). The summed E-state index contributed by atoms with van der Waals surface area (Å²) in [6.45, 7) is -0.0578. The molecule has 39 heavy (non-hydrogen) atoms. The van der Waals surface area contributed by atoms with Gasteiger partial charge in [-0.15, -0.1) is 0 Å². The van der Waals surface area contributed by atoms with Crippen molar-refractivity contribution in [2.75, 3.05) is 16.8 Å². The molecule has 1 saturated carbocycles. The van der Waals surface area contributed by atoms with Crippen molar-refractivity contribution < 1.29 is 9.53 Å². The quantitative estimate of drug-likeness (QED) is 0.261. The second-order valence-electron chi connectivity index (χ2n) is 10.0. The van der Waals surface area contributed by atoms with E-state index in [0.29, 0.717) is 22.6 Å². The van der Waals surface area contributed by atoms with Gasteiger partial charge in [0.15, 0.2) is 11.7 Å². The maximum absolute atomic E-state index is 12.4. The fourth-order valence-electron chi connectivity index (χ4n) is 5.57. The van der Waals surface area contributed by atoms with Crippen LogP contribution in [0, 0.1) is 0 Å². The SMILES string of the molecule is O=C(COc1ccccc1)Nc1ccc(N2C(=S)NC(c3ccccn3)C2c2ccn(C3CCCC3)c2)cc1. The molecule has 0 spiro atoms. The van der Waals surface area contributed by atoms with Gasteiger partial charge >= 0.3 is 0 Å². The Morgan fingerprint density at radius 1 is 1.00 bits per heavy atom. The van der Waals surface area contributed by atoms with Crippen molar-refractivity contribution in [2.24, 2.45) is 0 Å². The molecule has 1 aliphatic heterocycles. The van der Waals surface area contributed by atoms with Gasteiger partial charge in [0, 0.05) is 36.0 Å². The number of hydrogen-bond acceptors (Lipinski definition) is 4. The summed E-state index contributed by atoms with van der Waals surface area (Å²) in [5.41, 5.74) is 3.79. The normalized spacial score (nSPS) is 19.2. The molecule has 2 fully saturated rings. The standard InChI is InChI=1S/C31H31N5O2S/c37-28(21-38-26-10-2-1-3-11-26)33-23-13-15-25(16-14-23)36-30(22-17-19-35(20-22)24-8-4-5-9-24)29(34-31(36)39)27-12-6-7-18-32-27/h1-3,6-7,10-20,24,29-30H,4-5,8-9,21H2,(H,33,37)(H,34,39). The van der Waals surface area contributed by atoms with Crippen molar-refractivity contribution >= 4 is 34.6 Å². The maximum atomic E-state index is 12.4. The number of rotatable bonds is 8. The zero-order valence-corrected chi connectivity index (χ0v) is 22.4. The van der Waals surface area contributed by atoms with Crippen molar-refractivity contribution in [1.82, 2.24) is 14.9 Å². The predicted octanol–water partition coefficient (Wildman–Crippen LogP) is 6.19. The summed E-state index contributed by atoms with van der Waals surface area (Å²) < 4.78 is 7.93. The molecule has 2 aromatic carbocycles. The number of amides is 1. The number of benzene rings is 2. The minimum atomic E-state index is -0.216. The van der Waals surface area contributed by atoms with Crippen molar-refractivity contribution in [3.63, 3.8) is 0 Å². The van der Waals surface area contributed by atoms with E-state index in [0.717, 1.165) is 11.4 Å². The van der Waals surface area contributed by atoms with Crippen LogP contribution in [0.25, 0.3) is 0 Å². The van der Waals surface area contributed by atoms with E-state index in [4.69, 9.17) is 17.0 Å². The maximum Gasteiger partial charge on any atom is 0.262 e. The number of carbonyl (C=O) groups is 1. The number of carbonyl (C=O) groups excluding carboxylic acids is 1. The van der Waals surface area contributed by atoms with Crippen LogP contribution in [0.15, 0.2) is 97.5 Å². The average molecular weight is 538 g/mol.